The Balaban J connectivity index is 2.24. The summed E-state index contributed by atoms with van der Waals surface area (Å²) in [4.78, 5) is 11.0. The number of hydrogen-bond acceptors (Lipinski definition) is 2. The molecule has 0 aliphatic rings. The van der Waals surface area contributed by atoms with E-state index in [1.807, 2.05) is 37.4 Å². The molecular formula is C13H14N2O. The van der Waals surface area contributed by atoms with Gasteiger partial charge in [0.2, 0.25) is 0 Å². The Hall–Kier alpha value is -1.90. The van der Waals surface area contributed by atoms with Crippen molar-refractivity contribution in [3.05, 3.63) is 47.8 Å². The van der Waals surface area contributed by atoms with Crippen LogP contribution in [-0.4, -0.2) is 15.6 Å². The Kier molecular flexibility index (Phi) is 2.86. The molecule has 3 heteroatoms. The molecule has 0 aliphatic heterocycles. The fraction of sp³-hybridized carbons (Fsp3) is 0.231. The summed E-state index contributed by atoms with van der Waals surface area (Å²) in [5.74, 6) is 0.156. The van der Waals surface area contributed by atoms with Gasteiger partial charge in [-0.05, 0) is 31.5 Å². The van der Waals surface area contributed by atoms with Crippen LogP contribution in [0.5, 0.6) is 0 Å². The number of rotatable bonds is 3. The molecule has 0 bridgehead atoms. The van der Waals surface area contributed by atoms with Gasteiger partial charge in [-0.25, -0.2) is 4.68 Å². The second-order valence-corrected chi connectivity index (χ2v) is 4.01. The first-order valence-corrected chi connectivity index (χ1v) is 5.25. The smallest absolute Gasteiger partial charge is 0.134 e. The summed E-state index contributed by atoms with van der Waals surface area (Å²) >= 11 is 0. The van der Waals surface area contributed by atoms with Gasteiger partial charge >= 0.3 is 0 Å². The minimum Gasteiger partial charge on any atom is -0.300 e. The van der Waals surface area contributed by atoms with Gasteiger partial charge in [0.05, 0.1) is 11.9 Å². The molecule has 1 aromatic heterocycles. The molecule has 2 aromatic rings. The van der Waals surface area contributed by atoms with Crippen molar-refractivity contribution in [2.75, 3.05) is 0 Å². The first-order valence-electron chi connectivity index (χ1n) is 5.25. The lowest BCUT2D eigenvalue weighted by Gasteiger charge is -2.00. The van der Waals surface area contributed by atoms with E-state index in [0.29, 0.717) is 6.42 Å². The number of aryl methyl sites for hydroxylation is 1. The quantitative estimate of drug-likeness (QED) is 0.785. The SMILES string of the molecule is CC(=O)Cc1cnn(-c2ccc(C)cc2)c1. The number of nitrogens with zero attached hydrogens (tertiary/aromatic N) is 2. The molecule has 0 saturated heterocycles. The van der Waals surface area contributed by atoms with Crippen LogP contribution in [0.15, 0.2) is 36.7 Å². The van der Waals surface area contributed by atoms with Gasteiger partial charge in [0.25, 0.3) is 0 Å². The van der Waals surface area contributed by atoms with E-state index in [1.165, 1.54) is 5.56 Å². The number of ketones is 1. The van der Waals surface area contributed by atoms with Crippen molar-refractivity contribution in [1.29, 1.82) is 0 Å². The summed E-state index contributed by atoms with van der Waals surface area (Å²) in [6.45, 7) is 3.64. The minimum atomic E-state index is 0.156. The van der Waals surface area contributed by atoms with E-state index in [-0.39, 0.29) is 5.78 Å². The molecule has 0 unspecified atom stereocenters. The minimum absolute atomic E-state index is 0.156. The summed E-state index contributed by atoms with van der Waals surface area (Å²) in [5.41, 5.74) is 3.19. The Morgan fingerprint density at radius 1 is 1.31 bits per heavy atom. The molecule has 0 spiro atoms. The molecule has 82 valence electrons. The molecular weight excluding hydrogens is 200 g/mol. The lowest BCUT2D eigenvalue weighted by molar-refractivity contribution is -0.116. The number of hydrogen-bond donors (Lipinski definition) is 0. The summed E-state index contributed by atoms with van der Waals surface area (Å²) in [7, 11) is 0. The monoisotopic (exact) mass is 214 g/mol. The van der Waals surface area contributed by atoms with Crippen LogP contribution in [0.1, 0.15) is 18.1 Å². The average Bonchev–Trinajstić information content (AvgIpc) is 2.66. The van der Waals surface area contributed by atoms with Crippen LogP contribution in [0.3, 0.4) is 0 Å². The summed E-state index contributed by atoms with van der Waals surface area (Å²) in [5, 5.41) is 4.23. The van der Waals surface area contributed by atoms with Gasteiger partial charge in [0, 0.05) is 12.6 Å². The van der Waals surface area contributed by atoms with E-state index in [9.17, 15) is 4.79 Å². The van der Waals surface area contributed by atoms with Crippen LogP contribution in [0.2, 0.25) is 0 Å². The summed E-state index contributed by atoms with van der Waals surface area (Å²) in [6, 6.07) is 8.11. The molecule has 0 fully saturated rings. The van der Waals surface area contributed by atoms with E-state index in [4.69, 9.17) is 0 Å². The maximum Gasteiger partial charge on any atom is 0.134 e. The normalized spacial score (nSPS) is 10.4. The highest BCUT2D eigenvalue weighted by Gasteiger charge is 2.02. The largest absolute Gasteiger partial charge is 0.300 e. The van der Waals surface area contributed by atoms with Crippen LogP contribution in [0.25, 0.3) is 5.69 Å². The van der Waals surface area contributed by atoms with Gasteiger partial charge in [-0.3, -0.25) is 4.79 Å². The van der Waals surface area contributed by atoms with Crippen LogP contribution in [-0.2, 0) is 11.2 Å². The second-order valence-electron chi connectivity index (χ2n) is 4.01. The van der Waals surface area contributed by atoms with Crippen molar-refractivity contribution < 1.29 is 4.79 Å². The van der Waals surface area contributed by atoms with Crippen LogP contribution >= 0.6 is 0 Å². The number of carbonyl (C=O) groups is 1. The molecule has 0 N–H and O–H groups in total. The van der Waals surface area contributed by atoms with Crippen molar-refractivity contribution in [2.45, 2.75) is 20.3 Å². The maximum absolute atomic E-state index is 11.0. The number of carbonyl (C=O) groups excluding carboxylic acids is 1. The molecule has 0 amide bonds. The number of benzene rings is 1. The average molecular weight is 214 g/mol. The van der Waals surface area contributed by atoms with Crippen molar-refractivity contribution in [3.8, 4) is 5.69 Å². The zero-order valence-electron chi connectivity index (χ0n) is 9.47. The van der Waals surface area contributed by atoms with Crippen molar-refractivity contribution in [1.82, 2.24) is 9.78 Å². The number of aromatic nitrogens is 2. The molecule has 3 nitrogen and oxygen atoms in total. The lowest BCUT2D eigenvalue weighted by Crippen LogP contribution is -1.95. The Labute approximate surface area is 94.7 Å². The van der Waals surface area contributed by atoms with Gasteiger partial charge in [0.1, 0.15) is 5.78 Å². The van der Waals surface area contributed by atoms with Gasteiger partial charge in [-0.15, -0.1) is 0 Å². The predicted molar refractivity (Wildman–Crippen MR) is 62.7 cm³/mol. The van der Waals surface area contributed by atoms with Gasteiger partial charge < -0.3 is 0 Å². The fourth-order valence-corrected chi connectivity index (χ4v) is 1.58. The molecule has 0 atom stereocenters. The van der Waals surface area contributed by atoms with Gasteiger partial charge in [0.15, 0.2) is 0 Å². The second kappa shape index (κ2) is 4.31. The summed E-state index contributed by atoms with van der Waals surface area (Å²) < 4.78 is 1.79. The molecule has 0 aliphatic carbocycles. The van der Waals surface area contributed by atoms with Crippen molar-refractivity contribution in [2.24, 2.45) is 0 Å². The standard InChI is InChI=1S/C13H14N2O/c1-10-3-5-13(6-4-10)15-9-12(8-14-15)7-11(2)16/h3-6,8-9H,7H2,1-2H3. The molecule has 1 heterocycles. The van der Waals surface area contributed by atoms with Crippen molar-refractivity contribution in [3.63, 3.8) is 0 Å². The predicted octanol–water partition coefficient (Wildman–Crippen LogP) is 2.31. The van der Waals surface area contributed by atoms with E-state index >= 15 is 0 Å². The van der Waals surface area contributed by atoms with E-state index in [0.717, 1.165) is 11.3 Å². The third-order valence-electron chi connectivity index (χ3n) is 2.39. The molecule has 1 aromatic carbocycles. The topological polar surface area (TPSA) is 34.9 Å². The summed E-state index contributed by atoms with van der Waals surface area (Å²) in [6.07, 6.45) is 4.08. The first kappa shape index (κ1) is 10.6. The Morgan fingerprint density at radius 3 is 2.62 bits per heavy atom. The number of Topliss-reactive ketones (excluding diaryl/α,β-unsaturated/α-hetero) is 1. The molecule has 0 radical (unpaired) electrons. The molecule has 2 rings (SSSR count). The highest BCUT2D eigenvalue weighted by atomic mass is 16.1. The highest BCUT2D eigenvalue weighted by Crippen LogP contribution is 2.10. The van der Waals surface area contributed by atoms with Crippen molar-refractivity contribution >= 4 is 5.78 Å². The van der Waals surface area contributed by atoms with E-state index in [2.05, 4.69) is 5.10 Å². The Morgan fingerprint density at radius 2 is 2.00 bits per heavy atom. The van der Waals surface area contributed by atoms with Gasteiger partial charge in [-0.2, -0.15) is 5.10 Å². The van der Waals surface area contributed by atoms with Crippen LogP contribution < -0.4 is 0 Å². The zero-order chi connectivity index (χ0) is 11.5. The van der Waals surface area contributed by atoms with E-state index < -0.39 is 0 Å². The zero-order valence-corrected chi connectivity index (χ0v) is 9.47. The van der Waals surface area contributed by atoms with E-state index in [1.54, 1.807) is 17.8 Å². The highest BCUT2D eigenvalue weighted by molar-refractivity contribution is 5.78. The maximum atomic E-state index is 11.0. The lowest BCUT2D eigenvalue weighted by atomic mass is 10.2. The Bertz CT molecular complexity index is 497. The fourth-order valence-electron chi connectivity index (χ4n) is 1.58. The third kappa shape index (κ3) is 2.37. The van der Waals surface area contributed by atoms with Crippen LogP contribution in [0, 0.1) is 6.92 Å². The van der Waals surface area contributed by atoms with Gasteiger partial charge in [-0.1, -0.05) is 17.7 Å². The molecule has 16 heavy (non-hydrogen) atoms. The first-order chi connectivity index (χ1) is 7.65. The molecule has 0 saturated carbocycles. The third-order valence-corrected chi connectivity index (χ3v) is 2.39. The van der Waals surface area contributed by atoms with Crippen LogP contribution in [0.4, 0.5) is 0 Å².